The Morgan fingerprint density at radius 2 is 0.762 bits per heavy atom. The first kappa shape index (κ1) is 36.8. The molecule has 0 aromatic heterocycles. The molecular weight excluding hydrogens is 524 g/mol. The van der Waals surface area contributed by atoms with Gasteiger partial charge in [-0.25, -0.2) is 0 Å². The summed E-state index contributed by atoms with van der Waals surface area (Å²) in [5, 5.41) is 0. The quantitative estimate of drug-likeness (QED) is 0.117. The van der Waals surface area contributed by atoms with Crippen LogP contribution in [-0.4, -0.2) is 29.9 Å². The molecule has 0 heterocycles. The van der Waals surface area contributed by atoms with Gasteiger partial charge in [-0.3, -0.25) is 14.4 Å². The number of esters is 2. The lowest BCUT2D eigenvalue weighted by Gasteiger charge is -2.40. The molecular formula is C37H66O5. The highest BCUT2D eigenvalue weighted by Crippen LogP contribution is 2.57. The lowest BCUT2D eigenvalue weighted by atomic mass is 9.67. The third kappa shape index (κ3) is 9.31. The average molecular weight is 591 g/mol. The third-order valence-corrected chi connectivity index (χ3v) is 12.8. The van der Waals surface area contributed by atoms with Crippen LogP contribution in [-0.2, 0) is 23.9 Å². The van der Waals surface area contributed by atoms with Crippen LogP contribution in [0, 0.1) is 33.5 Å². The first-order valence-electron chi connectivity index (χ1n) is 17.3. The Kier molecular flexibility index (Phi) is 13.6. The highest BCUT2D eigenvalue weighted by molar-refractivity contribution is 5.78. The van der Waals surface area contributed by atoms with Crippen molar-refractivity contribution < 1.29 is 23.9 Å². The number of ether oxygens (including phenoxy) is 2. The van der Waals surface area contributed by atoms with Gasteiger partial charge in [-0.2, -0.15) is 0 Å². The fraction of sp³-hybridized carbons (Fsp3) is 0.919. The number of ketones is 1. The molecule has 2 rings (SSSR count). The number of carbonyl (C=O) groups is 3. The van der Waals surface area contributed by atoms with Crippen LogP contribution in [0.1, 0.15) is 172 Å². The second kappa shape index (κ2) is 15.6. The highest BCUT2D eigenvalue weighted by atomic mass is 16.5. The second-order valence-corrected chi connectivity index (χ2v) is 16.2. The molecule has 0 aromatic rings. The number of unbranched alkanes of at least 4 members (excludes halogenated alkanes) is 8. The van der Waals surface area contributed by atoms with E-state index in [1.54, 1.807) is 0 Å². The highest BCUT2D eigenvalue weighted by Gasteiger charge is 2.55. The zero-order valence-corrected chi connectivity index (χ0v) is 29.2. The predicted octanol–water partition coefficient (Wildman–Crippen LogP) is 10.0. The molecule has 2 fully saturated rings. The van der Waals surface area contributed by atoms with Crippen molar-refractivity contribution in [2.75, 3.05) is 0 Å². The van der Waals surface area contributed by atoms with E-state index in [0.717, 1.165) is 77.0 Å². The van der Waals surface area contributed by atoms with Gasteiger partial charge in [0.1, 0.15) is 18.0 Å². The number of Topliss-reactive ketones (excluding diaryl/α,β-unsaturated/α-hetero) is 1. The van der Waals surface area contributed by atoms with E-state index in [-0.39, 0.29) is 45.8 Å². The largest absolute Gasteiger partial charge is 0.462 e. The number of hydrogen-bond acceptors (Lipinski definition) is 5. The van der Waals surface area contributed by atoms with Gasteiger partial charge in [-0.15, -0.1) is 0 Å². The monoisotopic (exact) mass is 590 g/mol. The molecule has 0 N–H and O–H groups in total. The van der Waals surface area contributed by atoms with E-state index in [4.69, 9.17) is 9.47 Å². The molecule has 0 bridgehead atoms. The molecule has 0 amide bonds. The van der Waals surface area contributed by atoms with Crippen LogP contribution in [0.5, 0.6) is 0 Å². The van der Waals surface area contributed by atoms with Gasteiger partial charge in [0.2, 0.25) is 0 Å². The SMILES string of the molecule is C[C@@H]1C[C@H](OC(=O)CCCCCCCC(=O)CCCCCCCC(=O)O[C@H]2C[C@@H](C)C(C)(C)C2(C)C)C(C)(C)C1(C)C. The summed E-state index contributed by atoms with van der Waals surface area (Å²) in [7, 11) is 0. The Labute approximate surface area is 259 Å². The lowest BCUT2D eigenvalue weighted by molar-refractivity contribution is -0.156. The summed E-state index contributed by atoms with van der Waals surface area (Å²) in [5.74, 6) is 1.35. The summed E-state index contributed by atoms with van der Waals surface area (Å²) < 4.78 is 11.8. The molecule has 2 aliphatic carbocycles. The van der Waals surface area contributed by atoms with Crippen molar-refractivity contribution in [3.8, 4) is 0 Å². The van der Waals surface area contributed by atoms with Gasteiger partial charge in [0.25, 0.3) is 0 Å². The van der Waals surface area contributed by atoms with Crippen LogP contribution in [0.4, 0.5) is 0 Å². The van der Waals surface area contributed by atoms with Gasteiger partial charge < -0.3 is 9.47 Å². The minimum absolute atomic E-state index is 0.00632. The van der Waals surface area contributed by atoms with Crippen molar-refractivity contribution in [2.24, 2.45) is 33.5 Å². The Bertz CT molecular complexity index is 813. The molecule has 0 unspecified atom stereocenters. The molecule has 0 aromatic carbocycles. The molecule has 5 nitrogen and oxygen atoms in total. The summed E-state index contributed by atoms with van der Waals surface area (Å²) in [4.78, 5) is 37.1. The molecule has 244 valence electrons. The van der Waals surface area contributed by atoms with Gasteiger partial charge in [-0.1, -0.05) is 108 Å². The molecule has 4 atom stereocenters. The van der Waals surface area contributed by atoms with Crippen molar-refractivity contribution in [3.63, 3.8) is 0 Å². The van der Waals surface area contributed by atoms with Crippen molar-refractivity contribution in [1.29, 1.82) is 0 Å². The van der Waals surface area contributed by atoms with E-state index >= 15 is 0 Å². The van der Waals surface area contributed by atoms with Crippen LogP contribution >= 0.6 is 0 Å². The van der Waals surface area contributed by atoms with E-state index in [0.29, 0.717) is 43.3 Å². The average Bonchev–Trinajstić information content (AvgIpc) is 3.14. The minimum atomic E-state index is -0.0556. The van der Waals surface area contributed by atoms with Gasteiger partial charge in [0.15, 0.2) is 0 Å². The van der Waals surface area contributed by atoms with Gasteiger partial charge in [0, 0.05) is 36.5 Å². The summed E-state index contributed by atoms with van der Waals surface area (Å²) in [6.07, 6.45) is 14.2. The topological polar surface area (TPSA) is 69.7 Å². The van der Waals surface area contributed by atoms with E-state index in [1.165, 1.54) is 0 Å². The van der Waals surface area contributed by atoms with Crippen LogP contribution in [0.3, 0.4) is 0 Å². The molecule has 2 saturated carbocycles. The van der Waals surface area contributed by atoms with Crippen LogP contribution < -0.4 is 0 Å². The first-order valence-corrected chi connectivity index (χ1v) is 17.3. The van der Waals surface area contributed by atoms with Gasteiger partial charge in [-0.05, 0) is 61.2 Å². The van der Waals surface area contributed by atoms with E-state index in [1.807, 2.05) is 0 Å². The normalized spacial score (nSPS) is 27.1. The van der Waals surface area contributed by atoms with Crippen molar-refractivity contribution in [3.05, 3.63) is 0 Å². The third-order valence-electron chi connectivity index (χ3n) is 12.8. The summed E-state index contributed by atoms with van der Waals surface area (Å²) >= 11 is 0. The zero-order valence-electron chi connectivity index (χ0n) is 29.2. The molecule has 0 radical (unpaired) electrons. The maximum atomic E-state index is 12.4. The maximum Gasteiger partial charge on any atom is 0.306 e. The Hall–Kier alpha value is -1.39. The summed E-state index contributed by atoms with van der Waals surface area (Å²) in [5.41, 5.74) is 0.313. The van der Waals surface area contributed by atoms with Crippen LogP contribution in [0.15, 0.2) is 0 Å². The standard InChI is InChI=1S/C37H66O5/c1-27-25-30(36(7,8)34(27,3)4)41-32(39)23-19-15-11-13-17-21-29(38)22-18-14-12-16-20-24-33(40)42-31-26-28(2)35(5,6)37(31,9)10/h27-28,30-31H,11-26H2,1-10H3/t27-,28-,30+,31+/m1/s1. The van der Waals surface area contributed by atoms with E-state index < -0.39 is 0 Å². The van der Waals surface area contributed by atoms with Crippen LogP contribution in [0.25, 0.3) is 0 Å². The molecule has 0 spiro atoms. The van der Waals surface area contributed by atoms with Crippen molar-refractivity contribution in [1.82, 2.24) is 0 Å². The fourth-order valence-corrected chi connectivity index (χ4v) is 7.12. The Balaban J connectivity index is 1.42. The molecule has 5 heteroatoms. The fourth-order valence-electron chi connectivity index (χ4n) is 7.12. The Morgan fingerprint density at radius 3 is 1.05 bits per heavy atom. The van der Waals surface area contributed by atoms with Crippen molar-refractivity contribution in [2.45, 2.75) is 184 Å². The van der Waals surface area contributed by atoms with Crippen molar-refractivity contribution >= 4 is 17.7 Å². The number of rotatable bonds is 18. The molecule has 0 saturated heterocycles. The van der Waals surface area contributed by atoms with Gasteiger partial charge >= 0.3 is 11.9 Å². The van der Waals surface area contributed by atoms with Gasteiger partial charge in [0.05, 0.1) is 0 Å². The Morgan fingerprint density at radius 1 is 0.476 bits per heavy atom. The molecule has 0 aliphatic heterocycles. The van der Waals surface area contributed by atoms with E-state index in [2.05, 4.69) is 69.2 Å². The summed E-state index contributed by atoms with van der Waals surface area (Å²) in [6, 6.07) is 0. The molecule has 2 aliphatic rings. The van der Waals surface area contributed by atoms with E-state index in [9.17, 15) is 14.4 Å². The number of hydrogen-bond donors (Lipinski definition) is 0. The predicted molar refractivity (Wildman–Crippen MR) is 172 cm³/mol. The summed E-state index contributed by atoms with van der Waals surface area (Å²) in [6.45, 7) is 22.6. The minimum Gasteiger partial charge on any atom is -0.462 e. The first-order chi connectivity index (χ1) is 19.4. The zero-order chi connectivity index (χ0) is 31.8. The van der Waals surface area contributed by atoms with Crippen LogP contribution in [0.2, 0.25) is 0 Å². The second-order valence-electron chi connectivity index (χ2n) is 16.2. The maximum absolute atomic E-state index is 12.4. The number of carbonyl (C=O) groups excluding carboxylic acids is 3. The molecule has 42 heavy (non-hydrogen) atoms. The lowest BCUT2D eigenvalue weighted by Crippen LogP contribution is -2.38. The smallest absolute Gasteiger partial charge is 0.306 e.